The van der Waals surface area contributed by atoms with Crippen LogP contribution in [0.1, 0.15) is 10.5 Å². The van der Waals surface area contributed by atoms with Gasteiger partial charge in [-0.25, -0.2) is 9.78 Å². The predicted molar refractivity (Wildman–Crippen MR) is 69.2 cm³/mol. The van der Waals surface area contributed by atoms with Crippen LogP contribution in [0.3, 0.4) is 0 Å². The van der Waals surface area contributed by atoms with Crippen molar-refractivity contribution < 1.29 is 9.90 Å². The normalized spacial score (nSPS) is 10.7. The smallest absolute Gasteiger partial charge is 0.356 e. The first-order valence-electron chi connectivity index (χ1n) is 5.42. The van der Waals surface area contributed by atoms with E-state index in [9.17, 15) is 4.79 Å². The van der Waals surface area contributed by atoms with Crippen LogP contribution in [0, 0.1) is 0 Å². The maximum atomic E-state index is 10.7. The number of carbonyl (C=O) groups is 1. The van der Waals surface area contributed by atoms with Gasteiger partial charge in [0.1, 0.15) is 5.03 Å². The summed E-state index contributed by atoms with van der Waals surface area (Å²) in [7, 11) is 0. The van der Waals surface area contributed by atoms with Crippen molar-refractivity contribution in [1.82, 2.24) is 20.2 Å². The molecule has 0 aliphatic heterocycles. The summed E-state index contributed by atoms with van der Waals surface area (Å²) >= 11 is 1.30. The molecule has 0 saturated carbocycles. The van der Waals surface area contributed by atoms with Gasteiger partial charge in [-0.15, -0.1) is 10.2 Å². The van der Waals surface area contributed by atoms with E-state index in [4.69, 9.17) is 5.11 Å². The number of aromatic nitrogens is 4. The van der Waals surface area contributed by atoms with E-state index >= 15 is 0 Å². The first-order valence-corrected chi connectivity index (χ1v) is 6.23. The molecule has 94 valence electrons. The summed E-state index contributed by atoms with van der Waals surface area (Å²) in [6, 6.07) is 10.7. The molecule has 7 heteroatoms. The molecule has 0 unspecified atom stereocenters. The molecule has 2 aromatic heterocycles. The van der Waals surface area contributed by atoms with E-state index < -0.39 is 5.97 Å². The number of nitrogens with one attached hydrogen (secondary N) is 1. The Hall–Kier alpha value is -2.41. The highest BCUT2D eigenvalue weighted by Gasteiger charge is 2.08. The number of carboxylic acids is 1. The van der Waals surface area contributed by atoms with Gasteiger partial charge >= 0.3 is 5.97 Å². The van der Waals surface area contributed by atoms with Gasteiger partial charge in [0.2, 0.25) is 0 Å². The zero-order chi connectivity index (χ0) is 13.2. The number of aromatic carboxylic acids is 1. The summed E-state index contributed by atoms with van der Waals surface area (Å²) in [5, 5.41) is 17.5. The van der Waals surface area contributed by atoms with Crippen LogP contribution >= 0.6 is 11.8 Å². The third kappa shape index (κ3) is 2.41. The Morgan fingerprint density at radius 2 is 2.00 bits per heavy atom. The predicted octanol–water partition coefficient (Wildman–Crippen LogP) is 2.20. The van der Waals surface area contributed by atoms with Crippen molar-refractivity contribution in [2.45, 2.75) is 10.2 Å². The van der Waals surface area contributed by atoms with E-state index in [1.54, 1.807) is 6.07 Å². The molecule has 19 heavy (non-hydrogen) atoms. The van der Waals surface area contributed by atoms with Crippen molar-refractivity contribution in [2.75, 3.05) is 0 Å². The van der Waals surface area contributed by atoms with Crippen molar-refractivity contribution >= 4 is 28.8 Å². The first kappa shape index (κ1) is 11.7. The summed E-state index contributed by atoms with van der Waals surface area (Å²) in [5.41, 5.74) is 1.74. The van der Waals surface area contributed by atoms with Gasteiger partial charge in [0, 0.05) is 0 Å². The number of hydrogen-bond acceptors (Lipinski definition) is 5. The van der Waals surface area contributed by atoms with Crippen LogP contribution in [0.25, 0.3) is 11.0 Å². The molecule has 0 spiro atoms. The third-order valence-corrected chi connectivity index (χ3v) is 3.24. The second kappa shape index (κ2) is 4.69. The lowest BCUT2D eigenvalue weighted by Gasteiger charge is -1.96. The lowest BCUT2D eigenvalue weighted by Crippen LogP contribution is -2.01. The number of benzene rings is 1. The van der Waals surface area contributed by atoms with Crippen molar-refractivity contribution in [2.24, 2.45) is 0 Å². The van der Waals surface area contributed by atoms with E-state index in [-0.39, 0.29) is 5.69 Å². The van der Waals surface area contributed by atoms with Crippen LogP contribution < -0.4 is 0 Å². The van der Waals surface area contributed by atoms with Crippen molar-refractivity contribution in [1.29, 1.82) is 0 Å². The highest BCUT2D eigenvalue weighted by atomic mass is 32.2. The molecule has 6 nitrogen and oxygen atoms in total. The first-order chi connectivity index (χ1) is 9.22. The number of rotatable bonds is 3. The molecular weight excluding hydrogens is 264 g/mol. The molecule has 0 amide bonds. The highest BCUT2D eigenvalue weighted by molar-refractivity contribution is 7.99. The molecular formula is C12H8N4O2S. The summed E-state index contributed by atoms with van der Waals surface area (Å²) in [5.74, 6) is -1.09. The molecule has 0 aliphatic carbocycles. The van der Waals surface area contributed by atoms with E-state index in [0.717, 1.165) is 11.0 Å². The monoisotopic (exact) mass is 272 g/mol. The second-order valence-corrected chi connectivity index (χ2v) is 4.73. The minimum Gasteiger partial charge on any atom is -0.476 e. The lowest BCUT2D eigenvalue weighted by molar-refractivity contribution is 0.0689. The Bertz CT molecular complexity index is 706. The van der Waals surface area contributed by atoms with Crippen molar-refractivity contribution in [3.63, 3.8) is 0 Å². The van der Waals surface area contributed by atoms with Crippen LogP contribution in [0.4, 0.5) is 0 Å². The molecule has 0 radical (unpaired) electrons. The van der Waals surface area contributed by atoms with Gasteiger partial charge in [0.05, 0.1) is 11.0 Å². The van der Waals surface area contributed by atoms with Gasteiger partial charge in [0.25, 0.3) is 0 Å². The van der Waals surface area contributed by atoms with E-state index in [1.807, 2.05) is 24.3 Å². The summed E-state index contributed by atoms with van der Waals surface area (Å²) < 4.78 is 0. The number of carboxylic acid groups (broad SMARTS) is 1. The Labute approximate surface area is 111 Å². The maximum Gasteiger partial charge on any atom is 0.356 e. The summed E-state index contributed by atoms with van der Waals surface area (Å²) in [6.07, 6.45) is 0. The molecule has 3 aromatic rings. The third-order valence-electron chi connectivity index (χ3n) is 2.43. The molecule has 1 aromatic carbocycles. The van der Waals surface area contributed by atoms with Gasteiger partial charge in [-0.1, -0.05) is 12.1 Å². The zero-order valence-corrected chi connectivity index (χ0v) is 10.4. The number of aromatic amines is 1. The molecule has 0 bridgehead atoms. The minimum atomic E-state index is -1.09. The van der Waals surface area contributed by atoms with Crippen molar-refractivity contribution in [3.8, 4) is 0 Å². The Balaban J connectivity index is 1.86. The topological polar surface area (TPSA) is 91.8 Å². The molecule has 0 saturated heterocycles. The van der Waals surface area contributed by atoms with Gasteiger partial charge in [-0.05, 0) is 36.0 Å². The Morgan fingerprint density at radius 1 is 1.16 bits per heavy atom. The quantitative estimate of drug-likeness (QED) is 0.759. The lowest BCUT2D eigenvalue weighted by atomic mass is 10.3. The number of H-pyrrole nitrogens is 1. The van der Waals surface area contributed by atoms with Crippen LogP contribution in [0.5, 0.6) is 0 Å². The van der Waals surface area contributed by atoms with Crippen LogP contribution in [-0.2, 0) is 0 Å². The summed E-state index contributed by atoms with van der Waals surface area (Å²) in [4.78, 5) is 18.2. The fraction of sp³-hybridized carbons (Fsp3) is 0. The van der Waals surface area contributed by atoms with Crippen LogP contribution in [-0.4, -0.2) is 31.2 Å². The average Bonchev–Trinajstić information content (AvgIpc) is 2.81. The number of nitrogens with zero attached hydrogens (tertiary/aromatic N) is 3. The Kier molecular flexibility index (Phi) is 2.88. The molecule has 0 fully saturated rings. The van der Waals surface area contributed by atoms with Gasteiger partial charge in [-0.3, -0.25) is 0 Å². The highest BCUT2D eigenvalue weighted by Crippen LogP contribution is 2.24. The molecule has 2 N–H and O–H groups in total. The largest absolute Gasteiger partial charge is 0.476 e. The molecule has 0 aliphatic rings. The van der Waals surface area contributed by atoms with E-state index in [2.05, 4.69) is 20.2 Å². The molecule has 3 rings (SSSR count). The second-order valence-electron chi connectivity index (χ2n) is 3.72. The van der Waals surface area contributed by atoms with E-state index in [0.29, 0.717) is 10.2 Å². The Morgan fingerprint density at radius 3 is 2.68 bits per heavy atom. The van der Waals surface area contributed by atoms with Gasteiger partial charge in [-0.2, -0.15) is 0 Å². The van der Waals surface area contributed by atoms with E-state index in [1.165, 1.54) is 17.8 Å². The standard InChI is InChI=1S/C12H8N4O2S/c17-11(18)9-5-6-10(16-15-9)19-12-13-7-3-1-2-4-8(7)14-12/h1-6H,(H,13,14)(H,17,18). The molecule has 0 atom stereocenters. The minimum absolute atomic E-state index is 0.0750. The van der Waals surface area contributed by atoms with Crippen LogP contribution in [0.15, 0.2) is 46.6 Å². The van der Waals surface area contributed by atoms with Crippen molar-refractivity contribution in [3.05, 3.63) is 42.1 Å². The number of para-hydroxylation sites is 2. The fourth-order valence-electron chi connectivity index (χ4n) is 1.57. The maximum absolute atomic E-state index is 10.7. The van der Waals surface area contributed by atoms with Gasteiger partial charge < -0.3 is 10.1 Å². The molecule has 2 heterocycles. The number of fused-ring (bicyclic) bond motifs is 1. The average molecular weight is 272 g/mol. The summed E-state index contributed by atoms with van der Waals surface area (Å²) in [6.45, 7) is 0. The zero-order valence-electron chi connectivity index (χ0n) is 9.57. The number of hydrogen-bond donors (Lipinski definition) is 2. The number of imidazole rings is 1. The van der Waals surface area contributed by atoms with Crippen LogP contribution in [0.2, 0.25) is 0 Å². The fourth-order valence-corrected chi connectivity index (χ4v) is 2.29. The SMILES string of the molecule is O=C(O)c1ccc(Sc2nc3ccccc3[nH]2)nn1. The van der Waals surface area contributed by atoms with Gasteiger partial charge in [0.15, 0.2) is 10.9 Å².